The Morgan fingerprint density at radius 1 is 1.22 bits per heavy atom. The van der Waals surface area contributed by atoms with Crippen molar-refractivity contribution in [2.24, 2.45) is 0 Å². The van der Waals surface area contributed by atoms with Crippen LogP contribution in [0.25, 0.3) is 0 Å². The minimum atomic E-state index is -3.96. The molecule has 1 rings (SSSR count). The van der Waals surface area contributed by atoms with Gasteiger partial charge in [-0.05, 0) is 12.1 Å². The molecule has 0 atom stereocenters. The molecule has 0 amide bonds. The summed E-state index contributed by atoms with van der Waals surface area (Å²) in [5.74, 6) is -2.02. The van der Waals surface area contributed by atoms with E-state index in [2.05, 4.69) is 0 Å². The summed E-state index contributed by atoms with van der Waals surface area (Å²) in [6.07, 6.45) is 0.917. The van der Waals surface area contributed by atoms with Crippen LogP contribution < -0.4 is 10.5 Å². The molecular weight excluding hydrogens is 283 g/mol. The predicted octanol–water partition coefficient (Wildman–Crippen LogP) is 0.194. The lowest BCUT2D eigenvalue weighted by Crippen LogP contribution is -2.23. The van der Waals surface area contributed by atoms with Crippen molar-refractivity contribution < 1.29 is 21.2 Å². The lowest BCUT2D eigenvalue weighted by molar-refractivity contribution is 0.592. The van der Waals surface area contributed by atoms with E-state index in [0.717, 1.165) is 12.3 Å². The molecule has 1 aromatic rings. The van der Waals surface area contributed by atoms with Crippen LogP contribution in [-0.4, -0.2) is 34.6 Å². The van der Waals surface area contributed by atoms with Crippen LogP contribution >= 0.6 is 0 Å². The van der Waals surface area contributed by atoms with E-state index < -0.39 is 37.2 Å². The summed E-state index contributed by atoms with van der Waals surface area (Å²) in [5.41, 5.74) is 4.98. The van der Waals surface area contributed by atoms with Crippen LogP contribution in [0.1, 0.15) is 0 Å². The molecule has 0 bridgehead atoms. The topological polar surface area (TPSA) is 106 Å². The lowest BCUT2D eigenvalue weighted by Gasteiger charge is -2.10. The molecule has 18 heavy (non-hydrogen) atoms. The van der Waals surface area contributed by atoms with Crippen LogP contribution in [-0.2, 0) is 19.9 Å². The summed E-state index contributed by atoms with van der Waals surface area (Å²) < 4.78 is 60.1. The van der Waals surface area contributed by atoms with Gasteiger partial charge in [-0.3, -0.25) is 4.72 Å². The smallest absolute Gasteiger partial charge is 0.233 e. The maximum atomic E-state index is 13.3. The van der Waals surface area contributed by atoms with E-state index in [0.29, 0.717) is 0 Å². The molecule has 0 aliphatic heterocycles. The Morgan fingerprint density at radius 2 is 1.83 bits per heavy atom. The zero-order valence-electron chi connectivity index (χ0n) is 9.55. The number of sulfonamides is 1. The lowest BCUT2D eigenvalue weighted by atomic mass is 10.3. The zero-order chi connectivity index (χ0) is 14.0. The maximum Gasteiger partial charge on any atom is 0.233 e. The van der Waals surface area contributed by atoms with Crippen LogP contribution in [0.4, 0.5) is 15.8 Å². The van der Waals surface area contributed by atoms with E-state index in [9.17, 15) is 21.2 Å². The first-order chi connectivity index (χ1) is 8.11. The molecule has 0 heterocycles. The number of halogens is 1. The number of para-hydroxylation sites is 1. The van der Waals surface area contributed by atoms with E-state index in [1.807, 2.05) is 4.72 Å². The third-order valence-electron chi connectivity index (χ3n) is 2.03. The van der Waals surface area contributed by atoms with Gasteiger partial charge in [-0.15, -0.1) is 0 Å². The standard InChI is InChI=1S/C9H13FN2O4S2/c1-17(13,14)5-6-18(15,16)12-9-7(10)3-2-4-8(9)11/h2-4,12H,5-6,11H2,1H3. The Morgan fingerprint density at radius 3 is 2.33 bits per heavy atom. The molecule has 0 aromatic heterocycles. The summed E-state index contributed by atoms with van der Waals surface area (Å²) in [7, 11) is -7.38. The van der Waals surface area contributed by atoms with E-state index in [1.54, 1.807) is 0 Å². The Bertz CT molecular complexity index is 620. The van der Waals surface area contributed by atoms with Crippen LogP contribution in [0.15, 0.2) is 18.2 Å². The fraction of sp³-hybridized carbons (Fsp3) is 0.333. The van der Waals surface area contributed by atoms with Crippen molar-refractivity contribution in [2.75, 3.05) is 28.2 Å². The molecule has 0 aliphatic rings. The van der Waals surface area contributed by atoms with Gasteiger partial charge in [0.25, 0.3) is 0 Å². The first-order valence-electron chi connectivity index (χ1n) is 4.83. The van der Waals surface area contributed by atoms with Gasteiger partial charge in [-0.1, -0.05) is 6.07 Å². The van der Waals surface area contributed by atoms with Gasteiger partial charge in [0.1, 0.15) is 21.3 Å². The Kier molecular flexibility index (Phi) is 4.17. The van der Waals surface area contributed by atoms with Crippen LogP contribution in [0.3, 0.4) is 0 Å². The normalized spacial score (nSPS) is 12.3. The highest BCUT2D eigenvalue weighted by Crippen LogP contribution is 2.22. The largest absolute Gasteiger partial charge is 0.397 e. The highest BCUT2D eigenvalue weighted by Gasteiger charge is 2.17. The van der Waals surface area contributed by atoms with E-state index in [4.69, 9.17) is 5.73 Å². The summed E-state index contributed by atoms with van der Waals surface area (Å²) in [5, 5.41) is 0. The number of nitrogen functional groups attached to an aromatic ring is 1. The number of nitrogens with one attached hydrogen (secondary N) is 1. The van der Waals surface area contributed by atoms with Gasteiger partial charge in [0.15, 0.2) is 0 Å². The highest BCUT2D eigenvalue weighted by molar-refractivity contribution is 7.95. The molecular formula is C9H13FN2O4S2. The van der Waals surface area contributed by atoms with Gasteiger partial charge in [0, 0.05) is 6.26 Å². The second-order valence-electron chi connectivity index (χ2n) is 3.75. The average Bonchev–Trinajstić information content (AvgIpc) is 2.20. The van der Waals surface area contributed by atoms with Gasteiger partial charge in [0.05, 0.1) is 17.2 Å². The third-order valence-corrected chi connectivity index (χ3v) is 4.49. The molecule has 1 aromatic carbocycles. The number of benzene rings is 1. The monoisotopic (exact) mass is 296 g/mol. The van der Waals surface area contributed by atoms with E-state index in [-0.39, 0.29) is 11.4 Å². The molecule has 0 aliphatic carbocycles. The average molecular weight is 296 g/mol. The third kappa shape index (κ3) is 4.49. The van der Waals surface area contributed by atoms with Crippen LogP contribution in [0, 0.1) is 5.82 Å². The van der Waals surface area contributed by atoms with Crippen molar-refractivity contribution in [1.82, 2.24) is 0 Å². The Hall–Kier alpha value is -1.35. The minimum Gasteiger partial charge on any atom is -0.397 e. The number of anilines is 2. The first-order valence-corrected chi connectivity index (χ1v) is 8.54. The zero-order valence-corrected chi connectivity index (χ0v) is 11.2. The number of hydrogen-bond acceptors (Lipinski definition) is 5. The van der Waals surface area contributed by atoms with Gasteiger partial charge < -0.3 is 5.73 Å². The maximum absolute atomic E-state index is 13.3. The molecule has 0 fully saturated rings. The second kappa shape index (κ2) is 5.11. The van der Waals surface area contributed by atoms with Crippen molar-refractivity contribution >= 4 is 31.2 Å². The second-order valence-corrected chi connectivity index (χ2v) is 7.86. The van der Waals surface area contributed by atoms with Crippen molar-refractivity contribution in [3.8, 4) is 0 Å². The van der Waals surface area contributed by atoms with Crippen molar-refractivity contribution in [1.29, 1.82) is 0 Å². The number of rotatable bonds is 5. The van der Waals surface area contributed by atoms with Crippen LogP contribution in [0.2, 0.25) is 0 Å². The highest BCUT2D eigenvalue weighted by atomic mass is 32.2. The first kappa shape index (κ1) is 14.7. The summed E-state index contributed by atoms with van der Waals surface area (Å²) in [6, 6.07) is 3.71. The molecule has 9 heteroatoms. The molecule has 6 nitrogen and oxygen atoms in total. The van der Waals surface area contributed by atoms with Gasteiger partial charge >= 0.3 is 0 Å². The van der Waals surface area contributed by atoms with Crippen molar-refractivity contribution in [3.05, 3.63) is 24.0 Å². The van der Waals surface area contributed by atoms with Crippen molar-refractivity contribution in [3.63, 3.8) is 0 Å². The fourth-order valence-electron chi connectivity index (χ4n) is 1.12. The SMILES string of the molecule is CS(=O)(=O)CCS(=O)(=O)Nc1c(N)cccc1F. The van der Waals surface area contributed by atoms with Gasteiger partial charge in [-0.2, -0.15) is 0 Å². The molecule has 0 saturated heterocycles. The molecule has 0 spiro atoms. The number of sulfone groups is 1. The fourth-order valence-corrected chi connectivity index (χ4v) is 3.83. The summed E-state index contributed by atoms with van der Waals surface area (Å²) in [4.78, 5) is 0. The minimum absolute atomic E-state index is 0.0714. The number of nitrogens with two attached hydrogens (primary N) is 1. The summed E-state index contributed by atoms with van der Waals surface area (Å²) in [6.45, 7) is 0. The Balaban J connectivity index is 2.90. The van der Waals surface area contributed by atoms with Crippen molar-refractivity contribution in [2.45, 2.75) is 0 Å². The molecule has 102 valence electrons. The quantitative estimate of drug-likeness (QED) is 0.755. The van der Waals surface area contributed by atoms with Gasteiger partial charge in [0.2, 0.25) is 10.0 Å². The summed E-state index contributed by atoms with van der Waals surface area (Å²) >= 11 is 0. The molecule has 0 unspecified atom stereocenters. The molecule has 0 radical (unpaired) electrons. The van der Waals surface area contributed by atoms with Gasteiger partial charge in [-0.25, -0.2) is 21.2 Å². The predicted molar refractivity (Wildman–Crippen MR) is 67.9 cm³/mol. The van der Waals surface area contributed by atoms with E-state index >= 15 is 0 Å². The van der Waals surface area contributed by atoms with Crippen LogP contribution in [0.5, 0.6) is 0 Å². The van der Waals surface area contributed by atoms with E-state index in [1.165, 1.54) is 12.1 Å². The molecule has 0 saturated carbocycles. The molecule has 3 N–H and O–H groups in total. The number of hydrogen-bond donors (Lipinski definition) is 2. The Labute approximate surface area is 105 Å².